The molecule has 1 amide bonds. The Bertz CT molecular complexity index is 892. The number of nitrogens with zero attached hydrogens (tertiary/aromatic N) is 4. The first-order valence-electron chi connectivity index (χ1n) is 11.4. The van der Waals surface area contributed by atoms with E-state index in [1.54, 1.807) is 12.1 Å². The van der Waals surface area contributed by atoms with Crippen LogP contribution in [0.5, 0.6) is 0 Å². The predicted molar refractivity (Wildman–Crippen MR) is 119 cm³/mol. The van der Waals surface area contributed by atoms with Crippen molar-refractivity contribution in [3.8, 4) is 0 Å². The number of amides is 1. The second-order valence-corrected chi connectivity index (χ2v) is 8.92. The van der Waals surface area contributed by atoms with Crippen LogP contribution in [-0.2, 0) is 17.8 Å². The first-order valence-corrected chi connectivity index (χ1v) is 11.4. The van der Waals surface area contributed by atoms with Gasteiger partial charge in [-0.1, -0.05) is 18.6 Å². The third-order valence-electron chi connectivity index (χ3n) is 6.51. The molecule has 0 saturated carbocycles. The molecule has 31 heavy (non-hydrogen) atoms. The standard InChI is InChI=1S/C24H32FN5O/c1-17-27-21(15-23(26)28-17)14-18-8-11-29(12-9-18)24(31)22-7-2-3-10-30(22)16-19-5-4-6-20(25)13-19/h4-6,13,15,18,22H,2-3,7-12,14,16H2,1H3,(H2,26,27,28)/t22-/m1/s1. The van der Waals surface area contributed by atoms with E-state index in [0.29, 0.717) is 24.1 Å². The molecule has 166 valence electrons. The average Bonchev–Trinajstić information content (AvgIpc) is 2.73. The topological polar surface area (TPSA) is 75.3 Å². The highest BCUT2D eigenvalue weighted by atomic mass is 19.1. The summed E-state index contributed by atoms with van der Waals surface area (Å²) in [6.45, 7) is 4.94. The van der Waals surface area contributed by atoms with Crippen LogP contribution in [0.4, 0.5) is 10.2 Å². The van der Waals surface area contributed by atoms with E-state index in [1.165, 1.54) is 6.07 Å². The van der Waals surface area contributed by atoms with Crippen molar-refractivity contribution in [2.75, 3.05) is 25.4 Å². The van der Waals surface area contributed by atoms with Gasteiger partial charge in [-0.2, -0.15) is 0 Å². The molecule has 2 aliphatic rings. The first kappa shape index (κ1) is 21.7. The molecule has 2 fully saturated rings. The van der Waals surface area contributed by atoms with Crippen LogP contribution in [0.25, 0.3) is 0 Å². The highest BCUT2D eigenvalue weighted by Gasteiger charge is 2.33. The van der Waals surface area contributed by atoms with Crippen molar-refractivity contribution in [2.45, 2.75) is 58.0 Å². The summed E-state index contributed by atoms with van der Waals surface area (Å²) in [5, 5.41) is 0. The summed E-state index contributed by atoms with van der Waals surface area (Å²) in [4.78, 5) is 26.3. The Morgan fingerprint density at radius 1 is 1.13 bits per heavy atom. The minimum absolute atomic E-state index is 0.0992. The molecule has 2 saturated heterocycles. The molecule has 0 unspecified atom stereocenters. The molecule has 4 rings (SSSR count). The number of anilines is 1. The van der Waals surface area contributed by atoms with Crippen LogP contribution in [0.15, 0.2) is 30.3 Å². The number of hydrogen-bond acceptors (Lipinski definition) is 5. The van der Waals surface area contributed by atoms with Gasteiger partial charge in [0, 0.05) is 31.4 Å². The molecule has 7 heteroatoms. The van der Waals surface area contributed by atoms with E-state index >= 15 is 0 Å². The van der Waals surface area contributed by atoms with Gasteiger partial charge >= 0.3 is 0 Å². The van der Waals surface area contributed by atoms with Crippen LogP contribution in [0.1, 0.15) is 49.2 Å². The number of aryl methyl sites for hydroxylation is 1. The molecule has 6 nitrogen and oxygen atoms in total. The molecule has 2 aromatic rings. The van der Waals surface area contributed by atoms with E-state index in [4.69, 9.17) is 5.73 Å². The SMILES string of the molecule is Cc1nc(N)cc(CC2CCN(C(=O)[C@H]3CCCCN3Cc3cccc(F)c3)CC2)n1. The molecule has 2 N–H and O–H groups in total. The monoisotopic (exact) mass is 425 g/mol. The highest BCUT2D eigenvalue weighted by molar-refractivity contribution is 5.82. The quantitative estimate of drug-likeness (QED) is 0.795. The molecule has 0 bridgehead atoms. The second kappa shape index (κ2) is 9.73. The lowest BCUT2D eigenvalue weighted by atomic mass is 9.91. The Balaban J connectivity index is 1.34. The fourth-order valence-electron chi connectivity index (χ4n) is 4.95. The van der Waals surface area contributed by atoms with Gasteiger partial charge < -0.3 is 10.6 Å². The number of carbonyl (C=O) groups is 1. The number of nitrogens with two attached hydrogens (primary N) is 1. The molecule has 2 aliphatic heterocycles. The van der Waals surface area contributed by atoms with Crippen LogP contribution in [0.3, 0.4) is 0 Å². The molecule has 1 aromatic carbocycles. The normalized spacial score (nSPS) is 20.7. The number of nitrogen functional groups attached to an aromatic ring is 1. The van der Waals surface area contributed by atoms with E-state index in [9.17, 15) is 9.18 Å². The van der Waals surface area contributed by atoms with Crippen molar-refractivity contribution in [1.82, 2.24) is 19.8 Å². The summed E-state index contributed by atoms with van der Waals surface area (Å²) < 4.78 is 13.6. The maximum absolute atomic E-state index is 13.6. The maximum Gasteiger partial charge on any atom is 0.239 e. The Labute approximate surface area is 183 Å². The Kier molecular flexibility index (Phi) is 6.80. The number of benzene rings is 1. The molecule has 1 aromatic heterocycles. The average molecular weight is 426 g/mol. The van der Waals surface area contributed by atoms with E-state index < -0.39 is 0 Å². The second-order valence-electron chi connectivity index (χ2n) is 8.92. The van der Waals surface area contributed by atoms with Crippen molar-refractivity contribution in [3.63, 3.8) is 0 Å². The summed E-state index contributed by atoms with van der Waals surface area (Å²) in [6, 6.07) is 8.47. The fourth-order valence-corrected chi connectivity index (χ4v) is 4.95. The summed E-state index contributed by atoms with van der Waals surface area (Å²) in [5.74, 6) is 1.74. The summed E-state index contributed by atoms with van der Waals surface area (Å²) in [6.07, 6.45) is 5.87. The molecule has 3 heterocycles. The van der Waals surface area contributed by atoms with Crippen LogP contribution in [0.2, 0.25) is 0 Å². The van der Waals surface area contributed by atoms with Gasteiger partial charge in [0.05, 0.1) is 6.04 Å². The van der Waals surface area contributed by atoms with Gasteiger partial charge in [-0.25, -0.2) is 14.4 Å². The van der Waals surface area contributed by atoms with Crippen molar-refractivity contribution in [2.24, 2.45) is 5.92 Å². The molecule has 0 aliphatic carbocycles. The summed E-state index contributed by atoms with van der Waals surface area (Å²) >= 11 is 0. The Morgan fingerprint density at radius 3 is 2.68 bits per heavy atom. The smallest absolute Gasteiger partial charge is 0.239 e. The number of halogens is 1. The van der Waals surface area contributed by atoms with Gasteiger partial charge in [-0.15, -0.1) is 0 Å². The van der Waals surface area contributed by atoms with Gasteiger partial charge in [-0.05, 0) is 69.2 Å². The van der Waals surface area contributed by atoms with Crippen LogP contribution >= 0.6 is 0 Å². The minimum atomic E-state index is -0.222. The molecule has 0 spiro atoms. The summed E-state index contributed by atoms with van der Waals surface area (Å²) in [5.41, 5.74) is 7.77. The number of carbonyl (C=O) groups excluding carboxylic acids is 1. The fraction of sp³-hybridized carbons (Fsp3) is 0.542. The lowest BCUT2D eigenvalue weighted by Gasteiger charge is -2.40. The number of rotatable bonds is 5. The zero-order valence-electron chi connectivity index (χ0n) is 18.3. The Morgan fingerprint density at radius 2 is 1.94 bits per heavy atom. The van der Waals surface area contributed by atoms with Gasteiger partial charge in [0.1, 0.15) is 17.5 Å². The highest BCUT2D eigenvalue weighted by Crippen LogP contribution is 2.26. The molecular formula is C24H32FN5O. The zero-order valence-corrected chi connectivity index (χ0v) is 18.3. The maximum atomic E-state index is 13.6. The molecule has 1 atom stereocenters. The van der Waals surface area contributed by atoms with E-state index in [1.807, 2.05) is 24.0 Å². The minimum Gasteiger partial charge on any atom is -0.384 e. The zero-order chi connectivity index (χ0) is 21.8. The van der Waals surface area contributed by atoms with Crippen LogP contribution in [-0.4, -0.2) is 51.4 Å². The van der Waals surface area contributed by atoms with Gasteiger partial charge in [-0.3, -0.25) is 9.69 Å². The number of aromatic nitrogens is 2. The van der Waals surface area contributed by atoms with Gasteiger partial charge in [0.15, 0.2) is 0 Å². The Hall–Kier alpha value is -2.54. The van der Waals surface area contributed by atoms with Crippen molar-refractivity contribution in [1.29, 1.82) is 0 Å². The number of likely N-dealkylation sites (tertiary alicyclic amines) is 2. The number of hydrogen-bond donors (Lipinski definition) is 1. The van der Waals surface area contributed by atoms with Gasteiger partial charge in [0.25, 0.3) is 0 Å². The van der Waals surface area contributed by atoms with Crippen molar-refractivity contribution < 1.29 is 9.18 Å². The lowest BCUT2D eigenvalue weighted by molar-refractivity contribution is -0.140. The third-order valence-corrected chi connectivity index (χ3v) is 6.51. The number of piperidine rings is 2. The van der Waals surface area contributed by atoms with E-state index in [0.717, 1.165) is 69.4 Å². The first-order chi connectivity index (χ1) is 15.0. The largest absolute Gasteiger partial charge is 0.384 e. The van der Waals surface area contributed by atoms with E-state index in [-0.39, 0.29) is 17.8 Å². The lowest BCUT2D eigenvalue weighted by Crippen LogP contribution is -2.52. The van der Waals surface area contributed by atoms with Crippen molar-refractivity contribution in [3.05, 3.63) is 53.2 Å². The van der Waals surface area contributed by atoms with Crippen molar-refractivity contribution >= 4 is 11.7 Å². The van der Waals surface area contributed by atoms with Crippen LogP contribution < -0.4 is 5.73 Å². The molecule has 0 radical (unpaired) electrons. The third kappa shape index (κ3) is 5.58. The predicted octanol–water partition coefficient (Wildman–Crippen LogP) is 3.34. The molecular weight excluding hydrogens is 393 g/mol. The van der Waals surface area contributed by atoms with Crippen LogP contribution in [0, 0.1) is 18.7 Å². The van der Waals surface area contributed by atoms with Gasteiger partial charge in [0.2, 0.25) is 5.91 Å². The van der Waals surface area contributed by atoms with E-state index in [2.05, 4.69) is 14.9 Å². The summed E-state index contributed by atoms with van der Waals surface area (Å²) in [7, 11) is 0.